The van der Waals surface area contributed by atoms with Gasteiger partial charge in [0.1, 0.15) is 5.78 Å². The Morgan fingerprint density at radius 2 is 1.97 bits per heavy atom. The number of Topliss-reactive ketones (excluding diaryl/α,β-unsaturated/α-hetero) is 1. The van der Waals surface area contributed by atoms with Crippen molar-refractivity contribution in [3.05, 3.63) is 60.2 Å². The van der Waals surface area contributed by atoms with Crippen LogP contribution in [-0.2, 0) is 16.0 Å². The highest BCUT2D eigenvalue weighted by Crippen LogP contribution is 2.33. The molecule has 0 bridgehead atoms. The minimum atomic E-state index is -0.659. The number of unbranched alkanes of at least 4 members (excludes halogenated alkanes) is 1. The standard InChI is InChI=1S/C24H33NO4/c1-25(2)24(29)13-9-4-3-8-12-20-21(23(28)17-22(20)27)15-14-19(26)16-18-10-6-5-7-11-18/h3,5-8,10-11,14-15,19-22,26-27H,4,9,12-13,16-17H2,1-2H3/b8-3-,15-14+/t19-,20-,21-,22+/m1/s1. The van der Waals surface area contributed by atoms with Crippen LogP contribution in [0.5, 0.6) is 0 Å². The summed E-state index contributed by atoms with van der Waals surface area (Å²) in [5.41, 5.74) is 1.04. The zero-order valence-electron chi connectivity index (χ0n) is 17.4. The van der Waals surface area contributed by atoms with E-state index in [1.165, 1.54) is 0 Å². The van der Waals surface area contributed by atoms with Crippen molar-refractivity contribution in [2.75, 3.05) is 14.1 Å². The minimum Gasteiger partial charge on any atom is -0.392 e. The van der Waals surface area contributed by atoms with E-state index in [0.717, 1.165) is 18.4 Å². The second-order valence-electron chi connectivity index (χ2n) is 7.96. The van der Waals surface area contributed by atoms with Gasteiger partial charge in [-0.3, -0.25) is 9.59 Å². The molecule has 0 aromatic heterocycles. The van der Waals surface area contributed by atoms with Gasteiger partial charge in [0.2, 0.25) is 5.91 Å². The molecule has 5 heteroatoms. The van der Waals surface area contributed by atoms with Gasteiger partial charge < -0.3 is 15.1 Å². The summed E-state index contributed by atoms with van der Waals surface area (Å²) in [7, 11) is 3.50. The number of carbonyl (C=O) groups excluding carboxylic acids is 2. The molecule has 29 heavy (non-hydrogen) atoms. The van der Waals surface area contributed by atoms with Gasteiger partial charge in [0.25, 0.3) is 0 Å². The molecule has 0 unspecified atom stereocenters. The van der Waals surface area contributed by atoms with Crippen LogP contribution in [0, 0.1) is 11.8 Å². The Hall–Kier alpha value is -2.24. The van der Waals surface area contributed by atoms with Gasteiger partial charge in [-0.15, -0.1) is 0 Å². The van der Waals surface area contributed by atoms with Crippen molar-refractivity contribution in [1.82, 2.24) is 4.90 Å². The van der Waals surface area contributed by atoms with E-state index in [2.05, 4.69) is 0 Å². The van der Waals surface area contributed by atoms with Crippen LogP contribution in [-0.4, -0.2) is 53.1 Å². The van der Waals surface area contributed by atoms with Crippen LogP contribution >= 0.6 is 0 Å². The highest BCUT2D eigenvalue weighted by Gasteiger charge is 2.39. The van der Waals surface area contributed by atoms with Crippen molar-refractivity contribution in [2.45, 2.75) is 50.7 Å². The Labute approximate surface area is 173 Å². The second-order valence-corrected chi connectivity index (χ2v) is 7.96. The van der Waals surface area contributed by atoms with Crippen LogP contribution < -0.4 is 0 Å². The highest BCUT2D eigenvalue weighted by molar-refractivity contribution is 5.86. The van der Waals surface area contributed by atoms with Crippen LogP contribution in [0.15, 0.2) is 54.6 Å². The van der Waals surface area contributed by atoms with Gasteiger partial charge in [-0.25, -0.2) is 0 Å². The molecular formula is C24H33NO4. The zero-order valence-corrected chi connectivity index (χ0v) is 17.4. The van der Waals surface area contributed by atoms with Crippen molar-refractivity contribution in [2.24, 2.45) is 11.8 Å². The number of allylic oxidation sites excluding steroid dienone is 3. The molecule has 1 aliphatic carbocycles. The first-order chi connectivity index (χ1) is 13.9. The fourth-order valence-corrected chi connectivity index (χ4v) is 3.66. The summed E-state index contributed by atoms with van der Waals surface area (Å²) in [6, 6.07) is 9.72. The summed E-state index contributed by atoms with van der Waals surface area (Å²) in [5, 5.41) is 20.5. The van der Waals surface area contributed by atoms with Crippen molar-refractivity contribution >= 4 is 11.7 Å². The summed E-state index contributed by atoms with van der Waals surface area (Å²) in [6.45, 7) is 0. The monoisotopic (exact) mass is 399 g/mol. The number of ketones is 1. The van der Waals surface area contributed by atoms with E-state index < -0.39 is 12.2 Å². The third-order valence-corrected chi connectivity index (χ3v) is 5.40. The van der Waals surface area contributed by atoms with Crippen LogP contribution in [0.25, 0.3) is 0 Å². The molecule has 2 rings (SSSR count). The number of aliphatic hydroxyl groups is 2. The molecule has 158 valence electrons. The molecule has 1 aliphatic rings. The SMILES string of the molecule is CN(C)C(=O)CCC/C=C\C[C@H]1[C@@H](O)CC(=O)[C@@H]1/C=C/[C@@H](O)Cc1ccccc1. The number of benzene rings is 1. The fourth-order valence-electron chi connectivity index (χ4n) is 3.66. The van der Waals surface area contributed by atoms with E-state index >= 15 is 0 Å². The van der Waals surface area contributed by atoms with Crippen molar-refractivity contribution in [3.8, 4) is 0 Å². The quantitative estimate of drug-likeness (QED) is 0.468. The third kappa shape index (κ3) is 7.59. The molecule has 4 atom stereocenters. The zero-order chi connectivity index (χ0) is 21.2. The summed E-state index contributed by atoms with van der Waals surface area (Å²) < 4.78 is 0. The number of hydrogen-bond donors (Lipinski definition) is 2. The molecule has 0 heterocycles. The van der Waals surface area contributed by atoms with Crippen molar-refractivity contribution in [1.29, 1.82) is 0 Å². The fraction of sp³-hybridized carbons (Fsp3) is 0.500. The predicted octanol–water partition coefficient (Wildman–Crippen LogP) is 2.92. The van der Waals surface area contributed by atoms with Crippen molar-refractivity contribution < 1.29 is 19.8 Å². The molecule has 5 nitrogen and oxygen atoms in total. The normalized spacial score (nSPS) is 23.2. The number of rotatable bonds is 10. The molecule has 2 N–H and O–H groups in total. The van der Waals surface area contributed by atoms with Gasteiger partial charge in [-0.05, 0) is 24.8 Å². The van der Waals surface area contributed by atoms with Gasteiger partial charge in [-0.2, -0.15) is 0 Å². The van der Waals surface area contributed by atoms with E-state index in [0.29, 0.717) is 19.3 Å². The average molecular weight is 400 g/mol. The first-order valence-corrected chi connectivity index (χ1v) is 10.3. The Balaban J connectivity index is 1.83. The van der Waals surface area contributed by atoms with Crippen LogP contribution in [0.2, 0.25) is 0 Å². The molecule has 1 amide bonds. The van der Waals surface area contributed by atoms with E-state index in [4.69, 9.17) is 0 Å². The Morgan fingerprint density at radius 1 is 1.24 bits per heavy atom. The smallest absolute Gasteiger partial charge is 0.222 e. The summed E-state index contributed by atoms with van der Waals surface area (Å²) >= 11 is 0. The van der Waals surface area contributed by atoms with Crippen molar-refractivity contribution in [3.63, 3.8) is 0 Å². The number of nitrogens with zero attached hydrogens (tertiary/aromatic N) is 1. The predicted molar refractivity (Wildman–Crippen MR) is 114 cm³/mol. The maximum atomic E-state index is 12.3. The van der Waals surface area contributed by atoms with Gasteiger partial charge in [0.05, 0.1) is 12.2 Å². The lowest BCUT2D eigenvalue weighted by atomic mass is 9.90. The molecule has 0 spiro atoms. The average Bonchev–Trinajstić information content (AvgIpc) is 2.95. The lowest BCUT2D eigenvalue weighted by Crippen LogP contribution is -2.20. The van der Waals surface area contributed by atoms with Crippen LogP contribution in [0.1, 0.15) is 37.7 Å². The molecule has 1 aromatic carbocycles. The lowest BCUT2D eigenvalue weighted by molar-refractivity contribution is -0.128. The number of carbonyl (C=O) groups is 2. The highest BCUT2D eigenvalue weighted by atomic mass is 16.3. The van der Waals surface area contributed by atoms with E-state index in [1.807, 2.05) is 42.5 Å². The topological polar surface area (TPSA) is 77.8 Å². The maximum Gasteiger partial charge on any atom is 0.222 e. The van der Waals surface area contributed by atoms with Crippen LogP contribution in [0.4, 0.5) is 0 Å². The molecule has 1 saturated carbocycles. The van der Waals surface area contributed by atoms with E-state index in [-0.39, 0.29) is 29.9 Å². The number of amides is 1. The molecular weight excluding hydrogens is 366 g/mol. The van der Waals surface area contributed by atoms with Gasteiger partial charge in [0, 0.05) is 45.2 Å². The van der Waals surface area contributed by atoms with Gasteiger partial charge >= 0.3 is 0 Å². The van der Waals surface area contributed by atoms with E-state index in [9.17, 15) is 19.8 Å². The number of hydrogen-bond acceptors (Lipinski definition) is 4. The van der Waals surface area contributed by atoms with E-state index in [1.54, 1.807) is 31.1 Å². The largest absolute Gasteiger partial charge is 0.392 e. The minimum absolute atomic E-state index is 0.0237. The number of aliphatic hydroxyl groups excluding tert-OH is 2. The van der Waals surface area contributed by atoms with Crippen LogP contribution in [0.3, 0.4) is 0 Å². The summed E-state index contributed by atoms with van der Waals surface area (Å²) in [6.07, 6.45) is 9.52. The summed E-state index contributed by atoms with van der Waals surface area (Å²) in [5.74, 6) is -0.386. The second kappa shape index (κ2) is 11.7. The molecule has 0 radical (unpaired) electrons. The molecule has 0 aliphatic heterocycles. The third-order valence-electron chi connectivity index (χ3n) is 5.40. The van der Waals surface area contributed by atoms with Gasteiger partial charge in [0.15, 0.2) is 0 Å². The first kappa shape index (κ1) is 23.0. The Bertz CT molecular complexity index is 711. The maximum absolute atomic E-state index is 12.3. The molecule has 0 saturated heterocycles. The lowest BCUT2D eigenvalue weighted by Gasteiger charge is -2.17. The summed E-state index contributed by atoms with van der Waals surface area (Å²) in [4.78, 5) is 25.4. The molecule has 1 aromatic rings. The molecule has 1 fully saturated rings. The Kier molecular flexibility index (Phi) is 9.29. The van der Waals surface area contributed by atoms with Gasteiger partial charge in [-0.1, -0.05) is 54.6 Å². The first-order valence-electron chi connectivity index (χ1n) is 10.3. The Morgan fingerprint density at radius 3 is 2.66 bits per heavy atom.